The molecule has 1 heterocycles. The van der Waals surface area contributed by atoms with Crippen LogP contribution in [-0.4, -0.2) is 17.2 Å². The molecule has 0 bridgehead atoms. The first-order valence-electron chi connectivity index (χ1n) is 6.35. The topological polar surface area (TPSA) is 53.6 Å². The van der Waals surface area contributed by atoms with Gasteiger partial charge in [0.25, 0.3) is 0 Å². The molecule has 0 amide bonds. The maximum Gasteiger partial charge on any atom is 0.491 e. The molecule has 19 heavy (non-hydrogen) atoms. The van der Waals surface area contributed by atoms with E-state index in [1.807, 2.05) is 38.1 Å². The number of furan rings is 1. The monoisotopic (exact) mass is 258 g/mol. The second-order valence-electron chi connectivity index (χ2n) is 3.66. The number of hydrogen-bond acceptors (Lipinski definition) is 3. The zero-order valence-electron chi connectivity index (χ0n) is 11.6. The molecule has 1 aromatic carbocycles. The van der Waals surface area contributed by atoms with E-state index in [4.69, 9.17) is 4.42 Å². The Hall–Kier alpha value is -1.78. The van der Waals surface area contributed by atoms with Crippen LogP contribution in [0, 0.1) is 0 Å². The van der Waals surface area contributed by atoms with E-state index in [0.29, 0.717) is 16.8 Å². The lowest BCUT2D eigenvalue weighted by atomic mass is 9.76. The molecule has 0 spiro atoms. The van der Waals surface area contributed by atoms with Crippen LogP contribution < -0.4 is 0 Å². The minimum absolute atomic E-state index is 0.344. The van der Waals surface area contributed by atoms with Gasteiger partial charge in [0, 0.05) is 16.4 Å². The van der Waals surface area contributed by atoms with E-state index >= 15 is 0 Å². The summed E-state index contributed by atoms with van der Waals surface area (Å²) in [6.45, 7) is 9.47. The minimum atomic E-state index is -1.56. The van der Waals surface area contributed by atoms with Crippen molar-refractivity contribution in [3.05, 3.63) is 48.2 Å². The first-order chi connectivity index (χ1) is 9.19. The molecule has 0 atom stereocenters. The van der Waals surface area contributed by atoms with Crippen molar-refractivity contribution in [2.75, 3.05) is 0 Å². The van der Waals surface area contributed by atoms with Crippen molar-refractivity contribution in [3.63, 3.8) is 0 Å². The van der Waals surface area contributed by atoms with E-state index in [0.717, 1.165) is 10.9 Å². The maximum atomic E-state index is 9.30. The average Bonchev–Trinajstić information content (AvgIpc) is 2.79. The van der Waals surface area contributed by atoms with Crippen molar-refractivity contribution in [3.8, 4) is 0 Å². The molecule has 2 rings (SSSR count). The summed E-state index contributed by atoms with van der Waals surface area (Å²) in [5, 5.41) is 19.5. The van der Waals surface area contributed by atoms with Crippen LogP contribution in [0.2, 0.25) is 0 Å². The summed E-state index contributed by atoms with van der Waals surface area (Å²) in [7, 11) is -1.56. The fraction of sp³-hybridized carbons (Fsp3) is 0.200. The van der Waals surface area contributed by atoms with Gasteiger partial charge in [-0.1, -0.05) is 50.8 Å². The largest absolute Gasteiger partial charge is 0.491 e. The Morgan fingerprint density at radius 3 is 2.42 bits per heavy atom. The van der Waals surface area contributed by atoms with E-state index in [-0.39, 0.29) is 0 Å². The first kappa shape index (κ1) is 15.3. The van der Waals surface area contributed by atoms with Crippen molar-refractivity contribution >= 4 is 29.6 Å². The van der Waals surface area contributed by atoms with Crippen LogP contribution in [0.1, 0.15) is 32.1 Å². The van der Waals surface area contributed by atoms with Gasteiger partial charge >= 0.3 is 7.12 Å². The molecule has 0 saturated carbocycles. The summed E-state index contributed by atoms with van der Waals surface area (Å²) in [6.07, 6.45) is 3.28. The quantitative estimate of drug-likeness (QED) is 0.828. The molecule has 0 saturated heterocycles. The van der Waals surface area contributed by atoms with E-state index < -0.39 is 7.12 Å². The van der Waals surface area contributed by atoms with Gasteiger partial charge in [-0.05, 0) is 13.0 Å². The van der Waals surface area contributed by atoms with Crippen LogP contribution in [0.15, 0.2) is 41.3 Å². The molecule has 3 nitrogen and oxygen atoms in total. The zero-order chi connectivity index (χ0) is 14.4. The standard InChI is InChI=1S/C13H13BO3.C2H6/c1-3-9-10-7-5-6-8-12(10)17-13(9)11(4-2)14(15)16;1-2/h3-8,15-16H,1H2,2H3;1-2H3/b11-4+;. The van der Waals surface area contributed by atoms with E-state index in [2.05, 4.69) is 6.58 Å². The Morgan fingerprint density at radius 1 is 1.26 bits per heavy atom. The van der Waals surface area contributed by atoms with Crippen LogP contribution in [0.4, 0.5) is 0 Å². The maximum absolute atomic E-state index is 9.30. The lowest BCUT2D eigenvalue weighted by Gasteiger charge is -2.03. The van der Waals surface area contributed by atoms with Crippen LogP contribution in [0.5, 0.6) is 0 Å². The predicted molar refractivity (Wildman–Crippen MR) is 81.5 cm³/mol. The van der Waals surface area contributed by atoms with Gasteiger partial charge in [0.2, 0.25) is 0 Å². The summed E-state index contributed by atoms with van der Waals surface area (Å²) in [5.41, 5.74) is 1.83. The number of para-hydroxylation sites is 1. The summed E-state index contributed by atoms with van der Waals surface area (Å²) in [5.74, 6) is 0.457. The van der Waals surface area contributed by atoms with Crippen molar-refractivity contribution in [1.82, 2.24) is 0 Å². The Kier molecular flexibility index (Phi) is 5.61. The van der Waals surface area contributed by atoms with Gasteiger partial charge < -0.3 is 14.5 Å². The van der Waals surface area contributed by atoms with Crippen LogP contribution in [0.25, 0.3) is 22.5 Å². The fourth-order valence-corrected chi connectivity index (χ4v) is 1.88. The molecule has 0 fully saturated rings. The predicted octanol–water partition coefficient (Wildman–Crippen LogP) is 3.52. The van der Waals surface area contributed by atoms with Gasteiger partial charge in [-0.2, -0.15) is 0 Å². The second kappa shape index (κ2) is 6.97. The van der Waals surface area contributed by atoms with E-state index in [1.165, 1.54) is 0 Å². The van der Waals surface area contributed by atoms with Crippen LogP contribution >= 0.6 is 0 Å². The highest BCUT2D eigenvalue weighted by molar-refractivity contribution is 6.65. The summed E-state index contributed by atoms with van der Waals surface area (Å²) in [6, 6.07) is 7.52. The number of allylic oxidation sites excluding steroid dienone is 1. The molecule has 4 heteroatoms. The molecule has 0 aliphatic carbocycles. The molecular formula is C15H19BO3. The van der Waals surface area contributed by atoms with Gasteiger partial charge in [-0.25, -0.2) is 0 Å². The summed E-state index contributed by atoms with van der Waals surface area (Å²) < 4.78 is 5.64. The first-order valence-corrected chi connectivity index (χ1v) is 6.35. The smallest absolute Gasteiger partial charge is 0.456 e. The van der Waals surface area contributed by atoms with E-state index in [9.17, 15) is 10.0 Å². The number of benzene rings is 1. The molecule has 2 N–H and O–H groups in total. The Balaban J connectivity index is 0.000000861. The molecule has 100 valence electrons. The zero-order valence-corrected chi connectivity index (χ0v) is 11.6. The van der Waals surface area contributed by atoms with Gasteiger partial charge in [0.1, 0.15) is 11.3 Å². The third-order valence-corrected chi connectivity index (χ3v) is 2.69. The van der Waals surface area contributed by atoms with Crippen LogP contribution in [0.3, 0.4) is 0 Å². The van der Waals surface area contributed by atoms with Gasteiger partial charge in [0.05, 0.1) is 0 Å². The van der Waals surface area contributed by atoms with Crippen LogP contribution in [-0.2, 0) is 0 Å². The molecular weight excluding hydrogens is 239 g/mol. The molecule has 2 aromatic rings. The minimum Gasteiger partial charge on any atom is -0.456 e. The van der Waals surface area contributed by atoms with Gasteiger partial charge in [-0.3, -0.25) is 0 Å². The van der Waals surface area contributed by atoms with Gasteiger partial charge in [0.15, 0.2) is 0 Å². The number of hydrogen-bond donors (Lipinski definition) is 2. The molecule has 0 unspecified atom stereocenters. The molecule has 0 aliphatic heterocycles. The highest BCUT2D eigenvalue weighted by Crippen LogP contribution is 2.31. The number of fused-ring (bicyclic) bond motifs is 1. The number of rotatable bonds is 3. The Morgan fingerprint density at radius 2 is 1.89 bits per heavy atom. The summed E-state index contributed by atoms with van der Waals surface area (Å²) in [4.78, 5) is 0. The molecule has 1 aromatic heterocycles. The lowest BCUT2D eigenvalue weighted by molar-refractivity contribution is 0.425. The highest BCUT2D eigenvalue weighted by atomic mass is 16.4. The molecule has 0 radical (unpaired) electrons. The van der Waals surface area contributed by atoms with E-state index in [1.54, 1.807) is 19.1 Å². The lowest BCUT2D eigenvalue weighted by Crippen LogP contribution is -2.14. The van der Waals surface area contributed by atoms with Crippen molar-refractivity contribution < 1.29 is 14.5 Å². The average molecular weight is 258 g/mol. The Bertz CT molecular complexity index is 582. The normalized spacial score (nSPS) is 10.9. The third kappa shape index (κ3) is 2.97. The van der Waals surface area contributed by atoms with Crippen molar-refractivity contribution in [2.24, 2.45) is 0 Å². The highest BCUT2D eigenvalue weighted by Gasteiger charge is 2.23. The Labute approximate surface area is 114 Å². The third-order valence-electron chi connectivity index (χ3n) is 2.69. The molecule has 0 aliphatic rings. The second-order valence-corrected chi connectivity index (χ2v) is 3.66. The summed E-state index contributed by atoms with van der Waals surface area (Å²) >= 11 is 0. The van der Waals surface area contributed by atoms with Crippen molar-refractivity contribution in [2.45, 2.75) is 20.8 Å². The van der Waals surface area contributed by atoms with Gasteiger partial charge in [-0.15, -0.1) is 0 Å². The fourth-order valence-electron chi connectivity index (χ4n) is 1.88. The SMILES string of the molecule is C=Cc1c(/C(=C\C)B(O)O)oc2ccccc12.CC. The van der Waals surface area contributed by atoms with Crippen molar-refractivity contribution in [1.29, 1.82) is 0 Å².